The fourth-order valence-corrected chi connectivity index (χ4v) is 1.32. The molecule has 2 unspecified atom stereocenters. The minimum Gasteiger partial charge on any atom is -0.378 e. The Balaban J connectivity index is 3.91. The molecule has 0 bridgehead atoms. The zero-order valence-electron chi connectivity index (χ0n) is 14.5. The molecule has 0 fully saturated rings. The zero-order chi connectivity index (χ0) is 16.0. The third-order valence-electron chi connectivity index (χ3n) is 2.84. The number of carbonyl (C=O) groups excluding carboxylic acids is 1. The predicted molar refractivity (Wildman–Crippen MR) is 82.7 cm³/mol. The van der Waals surface area contributed by atoms with Gasteiger partial charge in [-0.25, -0.2) is 0 Å². The molecule has 0 heterocycles. The van der Waals surface area contributed by atoms with Gasteiger partial charge in [-0.15, -0.1) is 0 Å². The van der Waals surface area contributed by atoms with E-state index in [1.165, 1.54) is 0 Å². The molecule has 0 aliphatic rings. The summed E-state index contributed by atoms with van der Waals surface area (Å²) in [6.07, 6.45) is 0.123. The molecule has 0 saturated carbocycles. The van der Waals surface area contributed by atoms with Crippen LogP contribution < -0.4 is 5.32 Å². The predicted octanol–water partition coefficient (Wildman–Crippen LogP) is 3.01. The average molecular weight is 287 g/mol. The molecule has 0 aromatic heterocycles. The van der Waals surface area contributed by atoms with E-state index in [1.807, 2.05) is 27.7 Å². The van der Waals surface area contributed by atoms with Crippen molar-refractivity contribution >= 4 is 5.91 Å². The molecule has 0 aromatic rings. The molecular weight excluding hydrogens is 254 g/mol. The molecule has 4 nitrogen and oxygen atoms in total. The normalized spacial score (nSPS) is 15.8. The third-order valence-corrected chi connectivity index (χ3v) is 2.84. The number of hydrogen-bond donors (Lipinski definition) is 1. The van der Waals surface area contributed by atoms with Gasteiger partial charge < -0.3 is 14.8 Å². The molecule has 20 heavy (non-hydrogen) atoms. The number of carbonyl (C=O) groups is 1. The molecule has 2 atom stereocenters. The average Bonchev–Trinajstić information content (AvgIpc) is 2.28. The highest BCUT2D eigenvalue weighted by Gasteiger charge is 2.18. The molecule has 0 spiro atoms. The maximum Gasteiger partial charge on any atom is 0.246 e. The summed E-state index contributed by atoms with van der Waals surface area (Å²) in [5.41, 5.74) is -0.121. The smallest absolute Gasteiger partial charge is 0.246 e. The first-order chi connectivity index (χ1) is 8.91. The Labute approximate surface area is 124 Å². The minimum atomic E-state index is -0.286. The summed E-state index contributed by atoms with van der Waals surface area (Å²) in [6, 6.07) is 0. The summed E-state index contributed by atoms with van der Waals surface area (Å²) in [5.74, 6) is 0.200. The Bertz CT molecular complexity index is 289. The summed E-state index contributed by atoms with van der Waals surface area (Å²) in [5, 5.41) is 2.89. The zero-order valence-corrected chi connectivity index (χ0v) is 14.5. The van der Waals surface area contributed by atoms with Gasteiger partial charge in [-0.1, -0.05) is 27.7 Å². The van der Waals surface area contributed by atoms with E-state index in [0.29, 0.717) is 6.54 Å². The second-order valence-electron chi connectivity index (χ2n) is 7.76. The molecule has 0 saturated heterocycles. The van der Waals surface area contributed by atoms with Crippen LogP contribution in [0.1, 0.15) is 55.4 Å². The van der Waals surface area contributed by atoms with Gasteiger partial charge in [-0.2, -0.15) is 0 Å². The van der Waals surface area contributed by atoms with Crippen molar-refractivity contribution in [2.75, 3.05) is 19.8 Å². The molecule has 4 heteroatoms. The number of hydrogen-bond acceptors (Lipinski definition) is 3. The van der Waals surface area contributed by atoms with Crippen LogP contribution in [0.5, 0.6) is 0 Å². The number of nitrogens with one attached hydrogen (secondary N) is 1. The van der Waals surface area contributed by atoms with Gasteiger partial charge in [0.1, 0.15) is 6.61 Å². The standard InChI is InChI=1S/C16H33NO3/c1-12(13(2)19-11-15(3,4)5)9-17-14(18)10-20-16(6,7)8/h12-13H,9-11H2,1-8H3,(H,17,18). The van der Waals surface area contributed by atoms with Crippen LogP contribution in [0, 0.1) is 11.3 Å². The fourth-order valence-electron chi connectivity index (χ4n) is 1.32. The molecule has 1 N–H and O–H groups in total. The van der Waals surface area contributed by atoms with Gasteiger partial charge in [0, 0.05) is 6.54 Å². The lowest BCUT2D eigenvalue weighted by molar-refractivity contribution is -0.131. The molecular formula is C16H33NO3. The topological polar surface area (TPSA) is 47.6 Å². The third kappa shape index (κ3) is 11.2. The van der Waals surface area contributed by atoms with Crippen molar-refractivity contribution in [2.45, 2.75) is 67.1 Å². The minimum absolute atomic E-state index is 0.0743. The largest absolute Gasteiger partial charge is 0.378 e. The van der Waals surface area contributed by atoms with Crippen molar-refractivity contribution in [3.63, 3.8) is 0 Å². The van der Waals surface area contributed by atoms with Crippen LogP contribution in [0.25, 0.3) is 0 Å². The van der Waals surface area contributed by atoms with E-state index in [9.17, 15) is 4.79 Å². The second kappa shape index (κ2) is 7.99. The van der Waals surface area contributed by atoms with E-state index in [2.05, 4.69) is 33.0 Å². The van der Waals surface area contributed by atoms with Gasteiger partial charge in [0.05, 0.1) is 18.3 Å². The lowest BCUT2D eigenvalue weighted by atomic mass is 9.98. The van der Waals surface area contributed by atoms with Crippen molar-refractivity contribution in [2.24, 2.45) is 11.3 Å². The highest BCUT2D eigenvalue weighted by molar-refractivity contribution is 5.77. The van der Waals surface area contributed by atoms with E-state index in [0.717, 1.165) is 6.61 Å². The highest BCUT2D eigenvalue weighted by atomic mass is 16.5. The van der Waals surface area contributed by atoms with Gasteiger partial charge in [-0.05, 0) is 39.0 Å². The molecule has 120 valence electrons. The van der Waals surface area contributed by atoms with E-state index in [-0.39, 0.29) is 35.6 Å². The summed E-state index contributed by atoms with van der Waals surface area (Å²) < 4.78 is 11.3. The Kier molecular flexibility index (Phi) is 7.74. The quantitative estimate of drug-likeness (QED) is 0.783. The van der Waals surface area contributed by atoms with Crippen molar-refractivity contribution in [1.29, 1.82) is 0 Å². The van der Waals surface area contributed by atoms with Crippen molar-refractivity contribution < 1.29 is 14.3 Å². The van der Waals surface area contributed by atoms with Crippen molar-refractivity contribution in [3.05, 3.63) is 0 Å². The van der Waals surface area contributed by atoms with Crippen molar-refractivity contribution in [3.8, 4) is 0 Å². The van der Waals surface area contributed by atoms with E-state index in [1.54, 1.807) is 0 Å². The van der Waals surface area contributed by atoms with Crippen LogP contribution in [0.4, 0.5) is 0 Å². The van der Waals surface area contributed by atoms with Gasteiger partial charge in [-0.3, -0.25) is 4.79 Å². The van der Waals surface area contributed by atoms with E-state index < -0.39 is 0 Å². The van der Waals surface area contributed by atoms with Gasteiger partial charge in [0.2, 0.25) is 5.91 Å². The van der Waals surface area contributed by atoms with Crippen LogP contribution in [-0.4, -0.2) is 37.4 Å². The monoisotopic (exact) mass is 287 g/mol. The Hall–Kier alpha value is -0.610. The van der Waals surface area contributed by atoms with E-state index in [4.69, 9.17) is 9.47 Å². The summed E-state index contributed by atoms with van der Waals surface area (Å²) in [6.45, 7) is 17.8. The molecule has 0 radical (unpaired) electrons. The van der Waals surface area contributed by atoms with Gasteiger partial charge >= 0.3 is 0 Å². The van der Waals surface area contributed by atoms with Crippen LogP contribution in [0.2, 0.25) is 0 Å². The lowest BCUT2D eigenvalue weighted by Gasteiger charge is -2.26. The molecule has 0 aromatic carbocycles. The Morgan fingerprint density at radius 1 is 1.10 bits per heavy atom. The first kappa shape index (κ1) is 19.4. The SMILES string of the molecule is CC(CNC(=O)COC(C)(C)C)C(C)OCC(C)(C)C. The first-order valence-corrected chi connectivity index (χ1v) is 7.43. The fraction of sp³-hybridized carbons (Fsp3) is 0.938. The van der Waals surface area contributed by atoms with E-state index >= 15 is 0 Å². The van der Waals surface area contributed by atoms with Crippen LogP contribution in [0.15, 0.2) is 0 Å². The molecule has 1 amide bonds. The number of rotatable bonds is 7. The van der Waals surface area contributed by atoms with Crippen LogP contribution in [-0.2, 0) is 14.3 Å². The van der Waals surface area contributed by atoms with Crippen LogP contribution >= 0.6 is 0 Å². The first-order valence-electron chi connectivity index (χ1n) is 7.43. The summed E-state index contributed by atoms with van der Waals surface area (Å²) in [4.78, 5) is 11.7. The Morgan fingerprint density at radius 2 is 1.65 bits per heavy atom. The van der Waals surface area contributed by atoms with Gasteiger partial charge in [0.15, 0.2) is 0 Å². The maximum absolute atomic E-state index is 11.7. The van der Waals surface area contributed by atoms with Gasteiger partial charge in [0.25, 0.3) is 0 Å². The van der Waals surface area contributed by atoms with Crippen molar-refractivity contribution in [1.82, 2.24) is 5.32 Å². The second-order valence-corrected chi connectivity index (χ2v) is 7.76. The summed E-state index contributed by atoms with van der Waals surface area (Å²) in [7, 11) is 0. The molecule has 0 aliphatic heterocycles. The number of ether oxygens (including phenoxy) is 2. The highest BCUT2D eigenvalue weighted by Crippen LogP contribution is 2.16. The molecule has 0 rings (SSSR count). The van der Waals surface area contributed by atoms with Crippen LogP contribution in [0.3, 0.4) is 0 Å². The lowest BCUT2D eigenvalue weighted by Crippen LogP contribution is -2.37. The summed E-state index contributed by atoms with van der Waals surface area (Å²) >= 11 is 0. The molecule has 0 aliphatic carbocycles. The number of amides is 1. The maximum atomic E-state index is 11.7. The Morgan fingerprint density at radius 3 is 2.10 bits per heavy atom.